The SMILES string of the molecule is C[n+]1cn(CC(=O)OC2CC3CCC2(C)C3(C)C)c2ccccc21.[Cl-]. The Bertz CT molecular complexity index is 813. The second kappa shape index (κ2) is 6.01. The zero-order valence-corrected chi connectivity index (χ0v) is 16.2. The van der Waals surface area contributed by atoms with Crippen molar-refractivity contribution in [2.45, 2.75) is 52.7 Å². The number of carbonyl (C=O) groups excluding carboxylic acids is 1. The minimum atomic E-state index is -0.120. The van der Waals surface area contributed by atoms with E-state index in [1.807, 2.05) is 40.7 Å². The summed E-state index contributed by atoms with van der Waals surface area (Å²) in [5.41, 5.74) is 2.58. The van der Waals surface area contributed by atoms with Crippen molar-refractivity contribution in [2.75, 3.05) is 0 Å². The van der Waals surface area contributed by atoms with Crippen molar-refractivity contribution in [3.63, 3.8) is 0 Å². The number of ether oxygens (including phenoxy) is 1. The van der Waals surface area contributed by atoms with Crippen LogP contribution in [0.25, 0.3) is 11.0 Å². The fourth-order valence-electron chi connectivity index (χ4n) is 5.11. The molecule has 1 heterocycles. The molecule has 2 fully saturated rings. The molecule has 0 aliphatic heterocycles. The summed E-state index contributed by atoms with van der Waals surface area (Å²) >= 11 is 0. The van der Waals surface area contributed by atoms with Gasteiger partial charge < -0.3 is 17.1 Å². The summed E-state index contributed by atoms with van der Waals surface area (Å²) < 4.78 is 10.0. The quantitative estimate of drug-likeness (QED) is 0.578. The molecular formula is C20H27ClN2O2. The highest BCUT2D eigenvalue weighted by atomic mass is 35.5. The number of fused-ring (bicyclic) bond motifs is 3. The predicted molar refractivity (Wildman–Crippen MR) is 92.2 cm³/mol. The van der Waals surface area contributed by atoms with Crippen LogP contribution in [-0.2, 0) is 23.1 Å². The average Bonchev–Trinajstić information content (AvgIpc) is 3.03. The summed E-state index contributed by atoms with van der Waals surface area (Å²) in [7, 11) is 2.00. The fraction of sp³-hybridized carbons (Fsp3) is 0.600. The van der Waals surface area contributed by atoms with Crippen molar-refractivity contribution in [3.05, 3.63) is 30.6 Å². The van der Waals surface area contributed by atoms with E-state index in [4.69, 9.17) is 4.74 Å². The summed E-state index contributed by atoms with van der Waals surface area (Å²) in [5, 5.41) is 0. The number of imidazole rings is 1. The topological polar surface area (TPSA) is 35.1 Å². The minimum Gasteiger partial charge on any atom is -1.00 e. The molecule has 4 rings (SSSR count). The Morgan fingerprint density at radius 3 is 2.68 bits per heavy atom. The molecule has 1 aromatic carbocycles. The van der Waals surface area contributed by atoms with Crippen molar-refractivity contribution >= 4 is 17.0 Å². The van der Waals surface area contributed by atoms with E-state index >= 15 is 0 Å². The Morgan fingerprint density at radius 2 is 2.04 bits per heavy atom. The Morgan fingerprint density at radius 1 is 1.32 bits per heavy atom. The first-order valence-corrected chi connectivity index (χ1v) is 8.96. The first-order valence-electron chi connectivity index (χ1n) is 8.96. The van der Waals surface area contributed by atoms with Crippen LogP contribution in [0.2, 0.25) is 0 Å². The summed E-state index contributed by atoms with van der Waals surface area (Å²) in [5.74, 6) is 0.566. The molecule has 25 heavy (non-hydrogen) atoms. The Labute approximate surface area is 155 Å². The highest BCUT2D eigenvalue weighted by molar-refractivity contribution is 5.75. The van der Waals surface area contributed by atoms with Crippen LogP contribution in [0.3, 0.4) is 0 Å². The van der Waals surface area contributed by atoms with Gasteiger partial charge in [-0.15, -0.1) is 0 Å². The first-order chi connectivity index (χ1) is 11.3. The van der Waals surface area contributed by atoms with Gasteiger partial charge in [0.1, 0.15) is 6.10 Å². The second-order valence-electron chi connectivity index (χ2n) is 8.43. The molecule has 0 N–H and O–H groups in total. The van der Waals surface area contributed by atoms with Crippen LogP contribution in [-0.4, -0.2) is 16.6 Å². The van der Waals surface area contributed by atoms with Crippen molar-refractivity contribution in [2.24, 2.45) is 23.8 Å². The molecule has 2 aliphatic rings. The van der Waals surface area contributed by atoms with Gasteiger partial charge in [0.05, 0.1) is 7.05 Å². The minimum absolute atomic E-state index is 0. The molecule has 0 saturated heterocycles. The zero-order chi connectivity index (χ0) is 17.1. The van der Waals surface area contributed by atoms with Crippen LogP contribution >= 0.6 is 0 Å². The van der Waals surface area contributed by atoms with Gasteiger partial charge >= 0.3 is 5.97 Å². The molecule has 2 bridgehead atoms. The van der Waals surface area contributed by atoms with E-state index in [1.165, 1.54) is 12.8 Å². The standard InChI is InChI=1S/C20H27N2O2.ClH/c1-19(2)14-9-10-20(19,3)17(11-14)24-18(23)12-22-13-21(4)15-7-5-6-8-16(15)22;/h5-8,13-14,17H,9-12H2,1-4H3;1H/q+1;/p-1. The van der Waals surface area contributed by atoms with Gasteiger partial charge in [-0.1, -0.05) is 32.9 Å². The van der Waals surface area contributed by atoms with Crippen LogP contribution in [0.4, 0.5) is 0 Å². The molecule has 0 spiro atoms. The summed E-state index contributed by atoms with van der Waals surface area (Å²) in [6, 6.07) is 8.13. The maximum Gasteiger partial charge on any atom is 0.348 e. The molecule has 0 radical (unpaired) electrons. The summed E-state index contributed by atoms with van der Waals surface area (Å²) in [4.78, 5) is 12.6. The van der Waals surface area contributed by atoms with E-state index in [9.17, 15) is 4.79 Å². The third kappa shape index (κ3) is 2.57. The number of carbonyl (C=O) groups is 1. The number of nitrogens with zero attached hydrogens (tertiary/aromatic N) is 2. The lowest BCUT2D eigenvalue weighted by molar-refractivity contribution is -0.645. The smallest absolute Gasteiger partial charge is 0.348 e. The number of aromatic nitrogens is 2. The molecule has 4 nitrogen and oxygen atoms in total. The van der Waals surface area contributed by atoms with Crippen molar-refractivity contribution in [1.82, 2.24) is 4.57 Å². The molecule has 136 valence electrons. The average molecular weight is 363 g/mol. The van der Waals surface area contributed by atoms with Gasteiger partial charge in [-0.3, -0.25) is 0 Å². The van der Waals surface area contributed by atoms with Gasteiger partial charge in [0, 0.05) is 5.41 Å². The summed E-state index contributed by atoms with van der Waals surface area (Å²) in [6.07, 6.45) is 5.50. The van der Waals surface area contributed by atoms with Crippen molar-refractivity contribution in [1.29, 1.82) is 0 Å². The molecule has 3 atom stereocenters. The highest BCUT2D eigenvalue weighted by Crippen LogP contribution is 2.66. The van der Waals surface area contributed by atoms with Crippen molar-refractivity contribution in [3.8, 4) is 0 Å². The molecule has 2 aromatic rings. The van der Waals surface area contributed by atoms with E-state index in [0.29, 0.717) is 5.92 Å². The lowest BCUT2D eigenvalue weighted by Crippen LogP contribution is -3.00. The third-order valence-electron chi connectivity index (χ3n) is 7.17. The van der Waals surface area contributed by atoms with Gasteiger partial charge in [-0.2, -0.15) is 0 Å². The number of hydrogen-bond acceptors (Lipinski definition) is 2. The number of para-hydroxylation sites is 2. The van der Waals surface area contributed by atoms with Gasteiger partial charge in [-0.05, 0) is 42.7 Å². The van der Waals surface area contributed by atoms with Gasteiger partial charge in [-0.25, -0.2) is 13.9 Å². The van der Waals surface area contributed by atoms with Crippen LogP contribution in [0.5, 0.6) is 0 Å². The lowest BCUT2D eigenvalue weighted by atomic mass is 9.70. The Balaban J connectivity index is 0.00000182. The van der Waals surface area contributed by atoms with Crippen molar-refractivity contribution < 1.29 is 26.5 Å². The van der Waals surface area contributed by atoms with Gasteiger partial charge in [0.25, 0.3) is 0 Å². The lowest BCUT2D eigenvalue weighted by Gasteiger charge is -2.38. The Hall–Kier alpha value is -1.55. The molecule has 3 unspecified atom stereocenters. The van der Waals surface area contributed by atoms with Crippen LogP contribution in [0.15, 0.2) is 30.6 Å². The van der Waals surface area contributed by atoms with E-state index in [2.05, 4.69) is 26.8 Å². The normalized spacial score (nSPS) is 29.6. The maximum atomic E-state index is 12.6. The first kappa shape index (κ1) is 18.2. The van der Waals surface area contributed by atoms with E-state index in [1.54, 1.807) is 0 Å². The number of aryl methyl sites for hydroxylation is 1. The van der Waals surface area contributed by atoms with Gasteiger partial charge in [0.2, 0.25) is 6.33 Å². The van der Waals surface area contributed by atoms with Crippen LogP contribution < -0.4 is 17.0 Å². The molecule has 2 saturated carbocycles. The number of halogens is 1. The van der Waals surface area contributed by atoms with E-state index in [-0.39, 0.29) is 41.9 Å². The van der Waals surface area contributed by atoms with Gasteiger partial charge in [0.15, 0.2) is 17.6 Å². The van der Waals surface area contributed by atoms with Crippen LogP contribution in [0, 0.1) is 16.7 Å². The monoisotopic (exact) mass is 362 g/mol. The maximum absolute atomic E-state index is 12.6. The molecule has 5 heteroatoms. The number of rotatable bonds is 3. The summed E-state index contributed by atoms with van der Waals surface area (Å²) in [6.45, 7) is 7.28. The van der Waals surface area contributed by atoms with Crippen LogP contribution in [0.1, 0.15) is 40.0 Å². The molecule has 0 amide bonds. The third-order valence-corrected chi connectivity index (χ3v) is 7.17. The predicted octanol–water partition coefficient (Wildman–Crippen LogP) is 0.228. The second-order valence-corrected chi connectivity index (χ2v) is 8.43. The van der Waals surface area contributed by atoms with E-state index < -0.39 is 0 Å². The Kier molecular flexibility index (Phi) is 4.39. The zero-order valence-electron chi connectivity index (χ0n) is 15.5. The largest absolute Gasteiger partial charge is 1.00 e. The number of esters is 1. The highest BCUT2D eigenvalue weighted by Gasteiger charge is 2.62. The number of hydrogen-bond donors (Lipinski definition) is 0. The fourth-order valence-corrected chi connectivity index (χ4v) is 5.11. The number of benzene rings is 1. The van der Waals surface area contributed by atoms with E-state index in [0.717, 1.165) is 17.5 Å². The molecule has 2 aliphatic carbocycles. The molecular weight excluding hydrogens is 336 g/mol. The molecule has 1 aromatic heterocycles.